The lowest BCUT2D eigenvalue weighted by molar-refractivity contribution is -0.137. The number of ether oxygens (including phenoxy) is 1. The molecule has 0 aromatic heterocycles. The first-order valence-electron chi connectivity index (χ1n) is 7.95. The van der Waals surface area contributed by atoms with E-state index < -0.39 is 23.7 Å². The molecule has 2 N–H and O–H groups in total. The number of carboxylic acid groups (broad SMARTS) is 1. The number of carbonyl (C=O) groups is 3. The minimum Gasteiger partial charge on any atom is -0.481 e. The van der Waals surface area contributed by atoms with E-state index in [0.717, 1.165) is 5.56 Å². The number of nitrogens with one attached hydrogen (secondary N) is 1. The van der Waals surface area contributed by atoms with Gasteiger partial charge in [-0.2, -0.15) is 0 Å². The zero-order chi connectivity index (χ0) is 18.2. The molecule has 1 rings (SSSR count). The molecule has 0 aliphatic carbocycles. The summed E-state index contributed by atoms with van der Waals surface area (Å²) < 4.78 is 5.20. The van der Waals surface area contributed by atoms with Crippen molar-refractivity contribution >= 4 is 17.8 Å². The van der Waals surface area contributed by atoms with Crippen molar-refractivity contribution in [3.63, 3.8) is 0 Å². The van der Waals surface area contributed by atoms with Crippen LogP contribution < -0.4 is 5.32 Å². The van der Waals surface area contributed by atoms with Crippen LogP contribution in [0.4, 0.5) is 4.79 Å². The summed E-state index contributed by atoms with van der Waals surface area (Å²) in [6, 6.07) is 8.58. The Balaban J connectivity index is 2.73. The van der Waals surface area contributed by atoms with Crippen molar-refractivity contribution in [2.75, 3.05) is 0 Å². The standard InChI is InChI=1S/C18H25NO5/c1-18(2,3)24-17(23)19-14(12-13-8-5-4-6-9-13)15(20)10-7-11-16(21)22/h4-6,8-9,14H,7,10-12H2,1-3H3,(H,19,23)(H,21,22)/t14-/m0/s1. The number of alkyl carbamates (subject to hydrolysis) is 1. The van der Waals surface area contributed by atoms with Crippen LogP contribution in [0.25, 0.3) is 0 Å². The Labute approximate surface area is 142 Å². The first-order valence-corrected chi connectivity index (χ1v) is 7.95. The predicted octanol–water partition coefficient (Wildman–Crippen LogP) is 2.95. The highest BCUT2D eigenvalue weighted by atomic mass is 16.6. The number of amides is 1. The molecule has 1 amide bonds. The normalized spacial score (nSPS) is 12.3. The van der Waals surface area contributed by atoms with E-state index in [1.54, 1.807) is 20.8 Å². The summed E-state index contributed by atoms with van der Waals surface area (Å²) in [5.41, 5.74) is 0.249. The fraction of sp³-hybridized carbons (Fsp3) is 0.500. The van der Waals surface area contributed by atoms with E-state index in [1.165, 1.54) is 0 Å². The first-order chi connectivity index (χ1) is 11.2. The summed E-state index contributed by atoms with van der Waals surface area (Å²) in [7, 11) is 0. The molecule has 6 nitrogen and oxygen atoms in total. The fourth-order valence-electron chi connectivity index (χ4n) is 2.13. The van der Waals surface area contributed by atoms with Crippen LogP contribution in [0.1, 0.15) is 45.6 Å². The molecule has 1 atom stereocenters. The molecule has 0 bridgehead atoms. The van der Waals surface area contributed by atoms with Gasteiger partial charge in [0.2, 0.25) is 0 Å². The number of aliphatic carboxylic acids is 1. The van der Waals surface area contributed by atoms with Gasteiger partial charge in [-0.1, -0.05) is 30.3 Å². The van der Waals surface area contributed by atoms with Crippen molar-refractivity contribution in [3.8, 4) is 0 Å². The third-order valence-corrected chi connectivity index (χ3v) is 3.18. The number of hydrogen-bond donors (Lipinski definition) is 2. The van der Waals surface area contributed by atoms with Gasteiger partial charge >= 0.3 is 12.1 Å². The van der Waals surface area contributed by atoms with Gasteiger partial charge in [0.1, 0.15) is 5.60 Å². The average Bonchev–Trinajstić information content (AvgIpc) is 2.45. The molecule has 6 heteroatoms. The quantitative estimate of drug-likeness (QED) is 0.762. The number of carboxylic acids is 1. The number of ketones is 1. The Morgan fingerprint density at radius 1 is 1.12 bits per heavy atom. The maximum atomic E-state index is 12.4. The van der Waals surface area contributed by atoms with Crippen LogP contribution >= 0.6 is 0 Å². The van der Waals surface area contributed by atoms with Crippen molar-refractivity contribution in [3.05, 3.63) is 35.9 Å². The summed E-state index contributed by atoms with van der Waals surface area (Å²) in [5.74, 6) is -1.14. The van der Waals surface area contributed by atoms with Gasteiger partial charge in [-0.05, 0) is 39.2 Å². The van der Waals surface area contributed by atoms with E-state index in [4.69, 9.17) is 9.84 Å². The summed E-state index contributed by atoms with van der Waals surface area (Å²) in [6.07, 6.45) is -0.0490. The predicted molar refractivity (Wildman–Crippen MR) is 89.8 cm³/mol. The van der Waals surface area contributed by atoms with Gasteiger partial charge in [0.25, 0.3) is 0 Å². The topological polar surface area (TPSA) is 92.7 Å². The molecule has 24 heavy (non-hydrogen) atoms. The van der Waals surface area contributed by atoms with Gasteiger partial charge in [-0.25, -0.2) is 4.79 Å². The van der Waals surface area contributed by atoms with E-state index in [1.807, 2.05) is 30.3 Å². The van der Waals surface area contributed by atoms with Crippen LogP contribution in [0, 0.1) is 0 Å². The van der Waals surface area contributed by atoms with Gasteiger partial charge in [0.15, 0.2) is 5.78 Å². The van der Waals surface area contributed by atoms with Crippen LogP contribution in [0.2, 0.25) is 0 Å². The van der Waals surface area contributed by atoms with E-state index in [2.05, 4.69) is 5.32 Å². The molecule has 0 spiro atoms. The van der Waals surface area contributed by atoms with Crippen molar-refractivity contribution in [1.82, 2.24) is 5.32 Å². The molecule has 0 saturated heterocycles. The Kier molecular flexibility index (Phi) is 7.42. The lowest BCUT2D eigenvalue weighted by atomic mass is 9.99. The molecule has 1 aromatic rings. The van der Waals surface area contributed by atoms with Crippen LogP contribution in [0.5, 0.6) is 0 Å². The molecular weight excluding hydrogens is 310 g/mol. The van der Waals surface area contributed by atoms with Crippen LogP contribution in [-0.2, 0) is 20.7 Å². The molecule has 0 aliphatic heterocycles. The molecule has 0 radical (unpaired) electrons. The minimum atomic E-state index is -0.942. The summed E-state index contributed by atoms with van der Waals surface area (Å²) in [4.78, 5) is 34.9. The summed E-state index contributed by atoms with van der Waals surface area (Å²) >= 11 is 0. The molecule has 0 fully saturated rings. The molecule has 132 valence electrons. The number of hydrogen-bond acceptors (Lipinski definition) is 4. The Hall–Kier alpha value is -2.37. The minimum absolute atomic E-state index is 0.0732. The highest BCUT2D eigenvalue weighted by Gasteiger charge is 2.24. The number of benzene rings is 1. The van der Waals surface area contributed by atoms with Crippen molar-refractivity contribution < 1.29 is 24.2 Å². The van der Waals surface area contributed by atoms with Crippen molar-refractivity contribution in [1.29, 1.82) is 0 Å². The van der Waals surface area contributed by atoms with Gasteiger partial charge in [-0.3, -0.25) is 9.59 Å². The molecular formula is C18H25NO5. The van der Waals surface area contributed by atoms with E-state index >= 15 is 0 Å². The monoisotopic (exact) mass is 335 g/mol. The maximum Gasteiger partial charge on any atom is 0.408 e. The Morgan fingerprint density at radius 2 is 1.75 bits per heavy atom. The van der Waals surface area contributed by atoms with Gasteiger partial charge in [0, 0.05) is 12.8 Å². The van der Waals surface area contributed by atoms with Gasteiger partial charge in [0.05, 0.1) is 6.04 Å². The number of carbonyl (C=O) groups excluding carboxylic acids is 2. The second-order valence-electron chi connectivity index (χ2n) is 6.60. The Morgan fingerprint density at radius 3 is 2.29 bits per heavy atom. The molecule has 0 unspecified atom stereocenters. The fourth-order valence-corrected chi connectivity index (χ4v) is 2.13. The first kappa shape index (κ1) is 19.7. The van der Waals surface area contributed by atoms with Gasteiger partial charge in [-0.15, -0.1) is 0 Å². The van der Waals surface area contributed by atoms with Crippen molar-refractivity contribution in [2.45, 2.75) is 58.1 Å². The highest BCUT2D eigenvalue weighted by Crippen LogP contribution is 2.11. The molecule has 1 aromatic carbocycles. The largest absolute Gasteiger partial charge is 0.481 e. The lowest BCUT2D eigenvalue weighted by Crippen LogP contribution is -2.44. The third-order valence-electron chi connectivity index (χ3n) is 3.18. The number of Topliss-reactive ketones (excluding diaryl/α,β-unsaturated/α-hetero) is 1. The zero-order valence-corrected chi connectivity index (χ0v) is 14.4. The Bertz CT molecular complexity index is 563. The molecule has 0 aliphatic rings. The van der Waals surface area contributed by atoms with Crippen LogP contribution in [0.3, 0.4) is 0 Å². The lowest BCUT2D eigenvalue weighted by Gasteiger charge is -2.23. The van der Waals surface area contributed by atoms with Crippen molar-refractivity contribution in [2.24, 2.45) is 0 Å². The average molecular weight is 335 g/mol. The summed E-state index contributed by atoms with van der Waals surface area (Å²) in [6.45, 7) is 5.23. The third kappa shape index (κ3) is 8.31. The van der Waals surface area contributed by atoms with Crippen LogP contribution in [0.15, 0.2) is 30.3 Å². The highest BCUT2D eigenvalue weighted by molar-refractivity contribution is 5.88. The maximum absolute atomic E-state index is 12.4. The van der Waals surface area contributed by atoms with Crippen LogP contribution in [-0.4, -0.2) is 34.6 Å². The zero-order valence-electron chi connectivity index (χ0n) is 14.4. The van der Waals surface area contributed by atoms with E-state index in [9.17, 15) is 14.4 Å². The second-order valence-corrected chi connectivity index (χ2v) is 6.60. The SMILES string of the molecule is CC(C)(C)OC(=O)N[C@@H](Cc1ccccc1)C(=O)CCCC(=O)O. The van der Waals surface area contributed by atoms with E-state index in [-0.39, 0.29) is 25.0 Å². The number of rotatable bonds is 8. The second kappa shape index (κ2) is 9.05. The molecule has 0 heterocycles. The van der Waals surface area contributed by atoms with E-state index in [0.29, 0.717) is 6.42 Å². The smallest absolute Gasteiger partial charge is 0.408 e. The molecule has 0 saturated carbocycles. The summed E-state index contributed by atoms with van der Waals surface area (Å²) in [5, 5.41) is 11.3. The van der Waals surface area contributed by atoms with Gasteiger partial charge < -0.3 is 15.2 Å².